The topological polar surface area (TPSA) is 41.1 Å². The average molecular weight is 341 g/mol. The molecule has 0 spiro atoms. The molecule has 0 saturated carbocycles. The van der Waals surface area contributed by atoms with Crippen molar-refractivity contribution in [2.75, 3.05) is 17.7 Å². The van der Waals surface area contributed by atoms with Crippen LogP contribution in [0.25, 0.3) is 0 Å². The van der Waals surface area contributed by atoms with Crippen molar-refractivity contribution < 1.29 is 13.6 Å². The molecule has 6 heteroatoms. The van der Waals surface area contributed by atoms with Gasteiger partial charge in [-0.15, -0.1) is 0 Å². The van der Waals surface area contributed by atoms with Crippen LogP contribution in [0.1, 0.15) is 10.4 Å². The van der Waals surface area contributed by atoms with Crippen LogP contribution in [0.3, 0.4) is 0 Å². The molecule has 0 aliphatic rings. The first-order valence-electron chi connectivity index (χ1n) is 5.75. The Morgan fingerprint density at radius 3 is 2.55 bits per heavy atom. The van der Waals surface area contributed by atoms with E-state index in [-0.39, 0.29) is 10.2 Å². The summed E-state index contributed by atoms with van der Waals surface area (Å²) in [6.07, 6.45) is 0. The summed E-state index contributed by atoms with van der Waals surface area (Å²) in [5, 5.41) is 5.30. The average Bonchev–Trinajstić information content (AvgIpc) is 2.42. The van der Waals surface area contributed by atoms with Crippen molar-refractivity contribution in [3.05, 3.63) is 58.1 Å². The molecule has 0 fully saturated rings. The second-order valence-corrected chi connectivity index (χ2v) is 4.85. The van der Waals surface area contributed by atoms with Gasteiger partial charge < -0.3 is 10.6 Å². The third kappa shape index (κ3) is 2.96. The normalized spacial score (nSPS) is 10.2. The maximum absolute atomic E-state index is 13.7. The van der Waals surface area contributed by atoms with Crippen molar-refractivity contribution in [3.8, 4) is 0 Å². The van der Waals surface area contributed by atoms with E-state index in [1.165, 1.54) is 0 Å². The third-order valence-corrected chi connectivity index (χ3v) is 3.31. The molecule has 0 atom stereocenters. The smallest absolute Gasteiger partial charge is 0.257 e. The Morgan fingerprint density at radius 1 is 1.20 bits per heavy atom. The zero-order valence-electron chi connectivity index (χ0n) is 10.5. The molecule has 0 saturated heterocycles. The van der Waals surface area contributed by atoms with Crippen LogP contribution >= 0.6 is 15.9 Å². The lowest BCUT2D eigenvalue weighted by Gasteiger charge is -2.11. The van der Waals surface area contributed by atoms with Gasteiger partial charge in [0, 0.05) is 23.3 Å². The Kier molecular flexibility index (Phi) is 4.34. The standard InChI is InChI=1S/C14H11BrF2N2O/c1-18-12-5-3-2-4-9(12)14(20)19-13-10(15)6-8(16)7-11(13)17/h2-7,18H,1H3,(H,19,20). The monoisotopic (exact) mass is 340 g/mol. The summed E-state index contributed by atoms with van der Waals surface area (Å²) in [6, 6.07) is 8.61. The number of benzene rings is 2. The predicted molar refractivity (Wildman–Crippen MR) is 78.0 cm³/mol. The second-order valence-electron chi connectivity index (χ2n) is 3.99. The van der Waals surface area contributed by atoms with E-state index >= 15 is 0 Å². The number of anilines is 2. The van der Waals surface area contributed by atoms with Crippen LogP contribution in [0.5, 0.6) is 0 Å². The Bertz CT molecular complexity index is 638. The number of carbonyl (C=O) groups excluding carboxylic acids is 1. The summed E-state index contributed by atoms with van der Waals surface area (Å²) in [5.74, 6) is -2.05. The van der Waals surface area contributed by atoms with E-state index in [9.17, 15) is 13.6 Å². The number of nitrogens with one attached hydrogen (secondary N) is 2. The van der Waals surface area contributed by atoms with Crippen molar-refractivity contribution in [1.82, 2.24) is 0 Å². The maximum atomic E-state index is 13.7. The first kappa shape index (κ1) is 14.5. The number of carbonyl (C=O) groups is 1. The number of rotatable bonds is 3. The van der Waals surface area contributed by atoms with E-state index < -0.39 is 17.5 Å². The summed E-state index contributed by atoms with van der Waals surface area (Å²) < 4.78 is 26.8. The first-order chi connectivity index (χ1) is 9.52. The summed E-state index contributed by atoms with van der Waals surface area (Å²) >= 11 is 3.02. The lowest BCUT2D eigenvalue weighted by molar-refractivity contribution is 0.102. The van der Waals surface area contributed by atoms with E-state index in [0.29, 0.717) is 17.3 Å². The summed E-state index contributed by atoms with van der Waals surface area (Å²) in [7, 11) is 1.68. The van der Waals surface area contributed by atoms with E-state index in [1.807, 2.05) is 0 Å². The van der Waals surface area contributed by atoms with Crippen LogP contribution in [0, 0.1) is 11.6 Å². The lowest BCUT2D eigenvalue weighted by Crippen LogP contribution is -2.15. The fourth-order valence-electron chi connectivity index (χ4n) is 1.74. The highest BCUT2D eigenvalue weighted by atomic mass is 79.9. The number of amides is 1. The molecule has 0 unspecified atom stereocenters. The molecule has 0 aliphatic carbocycles. The molecule has 20 heavy (non-hydrogen) atoms. The van der Waals surface area contributed by atoms with Gasteiger partial charge in [-0.2, -0.15) is 0 Å². The minimum Gasteiger partial charge on any atom is -0.387 e. The van der Waals surface area contributed by atoms with Crippen molar-refractivity contribution in [3.63, 3.8) is 0 Å². The molecule has 0 heterocycles. The summed E-state index contributed by atoms with van der Waals surface area (Å²) in [6.45, 7) is 0. The first-order valence-corrected chi connectivity index (χ1v) is 6.55. The molecule has 0 aromatic heterocycles. The number of halogens is 3. The van der Waals surface area contributed by atoms with Gasteiger partial charge >= 0.3 is 0 Å². The third-order valence-electron chi connectivity index (χ3n) is 2.69. The molecule has 1 amide bonds. The Balaban J connectivity index is 2.33. The quantitative estimate of drug-likeness (QED) is 0.885. The van der Waals surface area contributed by atoms with Gasteiger partial charge in [0.15, 0.2) is 5.82 Å². The van der Waals surface area contributed by atoms with E-state index in [0.717, 1.165) is 6.07 Å². The van der Waals surface area contributed by atoms with Gasteiger partial charge in [0.05, 0.1) is 11.3 Å². The SMILES string of the molecule is CNc1ccccc1C(=O)Nc1c(F)cc(F)cc1Br. The molecule has 2 aromatic carbocycles. The fraction of sp³-hybridized carbons (Fsp3) is 0.0714. The van der Waals surface area contributed by atoms with Gasteiger partial charge in [0.25, 0.3) is 5.91 Å². The number of hydrogen-bond acceptors (Lipinski definition) is 2. The molecule has 3 nitrogen and oxygen atoms in total. The Labute approximate surface area is 123 Å². The van der Waals surface area contributed by atoms with Gasteiger partial charge in [-0.3, -0.25) is 4.79 Å². The lowest BCUT2D eigenvalue weighted by atomic mass is 10.1. The van der Waals surface area contributed by atoms with Crippen LogP contribution in [-0.2, 0) is 0 Å². The predicted octanol–water partition coefficient (Wildman–Crippen LogP) is 4.02. The van der Waals surface area contributed by atoms with E-state index in [4.69, 9.17) is 0 Å². The van der Waals surface area contributed by atoms with E-state index in [2.05, 4.69) is 26.6 Å². The molecule has 0 aliphatic heterocycles. The highest BCUT2D eigenvalue weighted by molar-refractivity contribution is 9.10. The summed E-state index contributed by atoms with van der Waals surface area (Å²) in [4.78, 5) is 12.2. The van der Waals surface area contributed by atoms with Gasteiger partial charge in [-0.1, -0.05) is 12.1 Å². The van der Waals surface area contributed by atoms with Crippen LogP contribution in [0.2, 0.25) is 0 Å². The molecule has 2 aromatic rings. The molecular weight excluding hydrogens is 330 g/mol. The minimum atomic E-state index is -0.841. The molecule has 2 N–H and O–H groups in total. The van der Waals surface area contributed by atoms with Crippen molar-refractivity contribution >= 4 is 33.2 Å². The fourth-order valence-corrected chi connectivity index (χ4v) is 2.25. The highest BCUT2D eigenvalue weighted by Crippen LogP contribution is 2.28. The van der Waals surface area contributed by atoms with E-state index in [1.54, 1.807) is 31.3 Å². The van der Waals surface area contributed by atoms with Crippen molar-refractivity contribution in [1.29, 1.82) is 0 Å². The molecule has 0 bridgehead atoms. The molecule has 2 rings (SSSR count). The number of hydrogen-bond donors (Lipinski definition) is 2. The van der Waals surface area contributed by atoms with Gasteiger partial charge in [0.2, 0.25) is 0 Å². The van der Waals surface area contributed by atoms with Crippen molar-refractivity contribution in [2.45, 2.75) is 0 Å². The van der Waals surface area contributed by atoms with Crippen LogP contribution in [-0.4, -0.2) is 13.0 Å². The molecular formula is C14H11BrF2N2O. The maximum Gasteiger partial charge on any atom is 0.257 e. The van der Waals surface area contributed by atoms with Gasteiger partial charge in [0.1, 0.15) is 5.82 Å². The molecule has 104 valence electrons. The van der Waals surface area contributed by atoms with Crippen LogP contribution in [0.15, 0.2) is 40.9 Å². The van der Waals surface area contributed by atoms with Crippen molar-refractivity contribution in [2.24, 2.45) is 0 Å². The zero-order chi connectivity index (χ0) is 14.7. The zero-order valence-corrected chi connectivity index (χ0v) is 12.1. The van der Waals surface area contributed by atoms with Gasteiger partial charge in [-0.05, 0) is 34.1 Å². The highest BCUT2D eigenvalue weighted by Gasteiger charge is 2.15. The Morgan fingerprint density at radius 2 is 1.90 bits per heavy atom. The minimum absolute atomic E-state index is 0.0951. The largest absolute Gasteiger partial charge is 0.387 e. The van der Waals surface area contributed by atoms with Crippen LogP contribution < -0.4 is 10.6 Å². The Hall–Kier alpha value is -1.95. The second kappa shape index (κ2) is 6.00. The van der Waals surface area contributed by atoms with Gasteiger partial charge in [-0.25, -0.2) is 8.78 Å². The van der Waals surface area contributed by atoms with Crippen LogP contribution in [0.4, 0.5) is 20.2 Å². The summed E-state index contributed by atoms with van der Waals surface area (Å²) in [5.41, 5.74) is 0.886. The number of para-hydroxylation sites is 1. The molecule has 0 radical (unpaired) electrons.